The van der Waals surface area contributed by atoms with Gasteiger partial charge in [0, 0.05) is 0 Å². The van der Waals surface area contributed by atoms with Crippen molar-refractivity contribution in [2.45, 2.75) is 51.2 Å². The lowest BCUT2D eigenvalue weighted by Crippen LogP contribution is -2.32. The zero-order valence-electron chi connectivity index (χ0n) is 11.1. The van der Waals surface area contributed by atoms with Crippen molar-refractivity contribution in [3.05, 3.63) is 24.3 Å². The highest BCUT2D eigenvalue weighted by molar-refractivity contribution is 5.56. The van der Waals surface area contributed by atoms with Crippen molar-refractivity contribution in [1.29, 1.82) is 0 Å². The highest BCUT2D eigenvalue weighted by atomic mass is 16.5. The number of nitrogens with one attached hydrogen (secondary N) is 1. The highest BCUT2D eigenvalue weighted by Gasteiger charge is 2.22. The molecule has 0 bridgehead atoms. The number of anilines is 1. The van der Waals surface area contributed by atoms with E-state index >= 15 is 0 Å². The SMILES string of the molecule is CCOc1ccccc1NC1CCCCCC1O. The van der Waals surface area contributed by atoms with Crippen LogP contribution >= 0.6 is 0 Å². The van der Waals surface area contributed by atoms with E-state index in [1.165, 1.54) is 12.8 Å². The van der Waals surface area contributed by atoms with Crippen molar-refractivity contribution in [3.8, 4) is 5.75 Å². The van der Waals surface area contributed by atoms with Crippen LogP contribution in [-0.2, 0) is 0 Å². The monoisotopic (exact) mass is 249 g/mol. The summed E-state index contributed by atoms with van der Waals surface area (Å²) >= 11 is 0. The molecule has 2 rings (SSSR count). The molecule has 0 spiro atoms. The Labute approximate surface area is 109 Å². The number of benzene rings is 1. The molecule has 1 aliphatic carbocycles. The van der Waals surface area contributed by atoms with Gasteiger partial charge in [-0.3, -0.25) is 0 Å². The summed E-state index contributed by atoms with van der Waals surface area (Å²) in [7, 11) is 0. The molecule has 0 aromatic heterocycles. The van der Waals surface area contributed by atoms with Gasteiger partial charge in [-0.2, -0.15) is 0 Å². The maximum Gasteiger partial charge on any atom is 0.142 e. The second kappa shape index (κ2) is 6.64. The van der Waals surface area contributed by atoms with E-state index in [1.807, 2.05) is 31.2 Å². The fraction of sp³-hybridized carbons (Fsp3) is 0.600. The number of hydrogen-bond donors (Lipinski definition) is 2. The van der Waals surface area contributed by atoms with Crippen LogP contribution in [0.1, 0.15) is 39.0 Å². The Morgan fingerprint density at radius 3 is 2.83 bits per heavy atom. The van der Waals surface area contributed by atoms with Crippen LogP contribution in [0, 0.1) is 0 Å². The van der Waals surface area contributed by atoms with Gasteiger partial charge in [-0.25, -0.2) is 0 Å². The molecule has 100 valence electrons. The summed E-state index contributed by atoms with van der Waals surface area (Å²) in [6.07, 6.45) is 5.22. The van der Waals surface area contributed by atoms with Gasteiger partial charge in [0.05, 0.1) is 24.4 Å². The van der Waals surface area contributed by atoms with Crippen molar-refractivity contribution < 1.29 is 9.84 Å². The molecule has 1 saturated carbocycles. The molecule has 1 aromatic carbocycles. The first kappa shape index (κ1) is 13.2. The largest absolute Gasteiger partial charge is 0.492 e. The Morgan fingerprint density at radius 2 is 2.00 bits per heavy atom. The minimum Gasteiger partial charge on any atom is -0.492 e. The Hall–Kier alpha value is -1.22. The summed E-state index contributed by atoms with van der Waals surface area (Å²) in [4.78, 5) is 0. The summed E-state index contributed by atoms with van der Waals surface area (Å²) < 4.78 is 5.60. The topological polar surface area (TPSA) is 41.5 Å². The molecule has 18 heavy (non-hydrogen) atoms. The van der Waals surface area contributed by atoms with Gasteiger partial charge in [-0.15, -0.1) is 0 Å². The lowest BCUT2D eigenvalue weighted by Gasteiger charge is -2.24. The van der Waals surface area contributed by atoms with Crippen LogP contribution < -0.4 is 10.1 Å². The zero-order valence-corrected chi connectivity index (χ0v) is 11.1. The van der Waals surface area contributed by atoms with Crippen molar-refractivity contribution >= 4 is 5.69 Å². The van der Waals surface area contributed by atoms with Crippen LogP contribution in [0.25, 0.3) is 0 Å². The molecule has 2 N–H and O–H groups in total. The fourth-order valence-electron chi connectivity index (χ4n) is 2.52. The first-order valence-electron chi connectivity index (χ1n) is 6.97. The van der Waals surface area contributed by atoms with Crippen molar-refractivity contribution in [2.24, 2.45) is 0 Å². The predicted octanol–water partition coefficient (Wildman–Crippen LogP) is 3.19. The molecule has 0 radical (unpaired) electrons. The molecule has 2 unspecified atom stereocenters. The third-order valence-electron chi connectivity index (χ3n) is 3.51. The Morgan fingerprint density at radius 1 is 1.22 bits per heavy atom. The second-order valence-corrected chi connectivity index (χ2v) is 4.89. The molecule has 3 heteroatoms. The average Bonchev–Trinajstić information content (AvgIpc) is 2.58. The number of ether oxygens (including phenoxy) is 1. The molecule has 2 atom stereocenters. The average molecular weight is 249 g/mol. The molecule has 1 fully saturated rings. The second-order valence-electron chi connectivity index (χ2n) is 4.89. The summed E-state index contributed by atoms with van der Waals surface area (Å²) in [6.45, 7) is 2.64. The van der Waals surface area contributed by atoms with Gasteiger partial charge < -0.3 is 15.2 Å². The molecular formula is C15H23NO2. The quantitative estimate of drug-likeness (QED) is 0.805. The molecule has 0 saturated heterocycles. The summed E-state index contributed by atoms with van der Waals surface area (Å²) in [5.41, 5.74) is 0.991. The summed E-state index contributed by atoms with van der Waals surface area (Å²) in [5, 5.41) is 13.6. The van der Waals surface area contributed by atoms with E-state index in [1.54, 1.807) is 0 Å². The van der Waals surface area contributed by atoms with E-state index in [-0.39, 0.29) is 12.1 Å². The molecule has 3 nitrogen and oxygen atoms in total. The standard InChI is InChI=1S/C15H23NO2/c1-2-18-15-11-7-6-9-13(15)16-12-8-4-3-5-10-14(12)17/h6-7,9,11-12,14,16-17H,2-5,8,10H2,1H3. The molecular weight excluding hydrogens is 226 g/mol. The maximum absolute atomic E-state index is 10.1. The first-order chi connectivity index (χ1) is 8.81. The number of para-hydroxylation sites is 2. The number of aliphatic hydroxyl groups is 1. The van der Waals surface area contributed by atoms with E-state index in [2.05, 4.69) is 5.32 Å². The van der Waals surface area contributed by atoms with Crippen LogP contribution in [0.2, 0.25) is 0 Å². The van der Waals surface area contributed by atoms with E-state index in [0.29, 0.717) is 6.61 Å². The van der Waals surface area contributed by atoms with Gasteiger partial charge >= 0.3 is 0 Å². The first-order valence-corrected chi connectivity index (χ1v) is 6.97. The molecule has 0 aliphatic heterocycles. The van der Waals surface area contributed by atoms with Crippen molar-refractivity contribution in [1.82, 2.24) is 0 Å². The van der Waals surface area contributed by atoms with Crippen LogP contribution in [0.15, 0.2) is 24.3 Å². The summed E-state index contributed by atoms with van der Waals surface area (Å²) in [6, 6.07) is 8.10. The lowest BCUT2D eigenvalue weighted by atomic mass is 10.1. The predicted molar refractivity (Wildman–Crippen MR) is 74.1 cm³/mol. The van der Waals surface area contributed by atoms with Crippen molar-refractivity contribution in [2.75, 3.05) is 11.9 Å². The van der Waals surface area contributed by atoms with E-state index in [9.17, 15) is 5.11 Å². The molecule has 0 heterocycles. The van der Waals surface area contributed by atoms with Gasteiger partial charge in [0.1, 0.15) is 5.75 Å². The third-order valence-corrected chi connectivity index (χ3v) is 3.51. The number of hydrogen-bond acceptors (Lipinski definition) is 3. The lowest BCUT2D eigenvalue weighted by molar-refractivity contribution is 0.144. The van der Waals surface area contributed by atoms with E-state index < -0.39 is 0 Å². The summed E-state index contributed by atoms with van der Waals surface area (Å²) in [5.74, 6) is 0.872. The van der Waals surface area contributed by atoms with E-state index in [4.69, 9.17) is 4.74 Å². The van der Waals surface area contributed by atoms with Gasteiger partial charge in [0.2, 0.25) is 0 Å². The van der Waals surface area contributed by atoms with Gasteiger partial charge in [0.25, 0.3) is 0 Å². The molecule has 0 amide bonds. The zero-order chi connectivity index (χ0) is 12.8. The van der Waals surface area contributed by atoms with Crippen LogP contribution in [0.3, 0.4) is 0 Å². The fourth-order valence-corrected chi connectivity index (χ4v) is 2.52. The van der Waals surface area contributed by atoms with Crippen LogP contribution in [-0.4, -0.2) is 23.9 Å². The Kier molecular flexibility index (Phi) is 4.88. The molecule has 1 aromatic rings. The number of rotatable bonds is 4. The maximum atomic E-state index is 10.1. The van der Waals surface area contributed by atoms with Crippen LogP contribution in [0.4, 0.5) is 5.69 Å². The van der Waals surface area contributed by atoms with Gasteiger partial charge in [-0.1, -0.05) is 31.4 Å². The highest BCUT2D eigenvalue weighted by Crippen LogP contribution is 2.28. The third kappa shape index (κ3) is 3.39. The minimum atomic E-state index is -0.248. The number of aliphatic hydroxyl groups excluding tert-OH is 1. The van der Waals surface area contributed by atoms with Gasteiger partial charge in [-0.05, 0) is 31.9 Å². The van der Waals surface area contributed by atoms with Gasteiger partial charge in [0.15, 0.2) is 0 Å². The van der Waals surface area contributed by atoms with E-state index in [0.717, 1.165) is 30.7 Å². The smallest absolute Gasteiger partial charge is 0.142 e. The Balaban J connectivity index is 2.07. The van der Waals surface area contributed by atoms with Crippen LogP contribution in [0.5, 0.6) is 5.75 Å². The normalized spacial score (nSPS) is 24.3. The minimum absolute atomic E-state index is 0.147. The molecule has 1 aliphatic rings. The van der Waals surface area contributed by atoms with Crippen molar-refractivity contribution in [3.63, 3.8) is 0 Å². The Bertz CT molecular complexity index is 367.